The van der Waals surface area contributed by atoms with Crippen molar-refractivity contribution in [3.8, 4) is 5.75 Å². The number of ether oxygens (including phenoxy) is 2. The zero-order valence-corrected chi connectivity index (χ0v) is 13.2. The molecule has 124 valence electrons. The Labute approximate surface area is 138 Å². The summed E-state index contributed by atoms with van der Waals surface area (Å²) in [6.45, 7) is 0. The van der Waals surface area contributed by atoms with Gasteiger partial charge in [-0.25, -0.2) is 4.79 Å². The first-order valence-corrected chi connectivity index (χ1v) is 6.98. The van der Waals surface area contributed by atoms with E-state index in [1.807, 2.05) is 0 Å². The van der Waals surface area contributed by atoms with Gasteiger partial charge < -0.3 is 20.1 Å². The first kappa shape index (κ1) is 17.0. The van der Waals surface area contributed by atoms with E-state index < -0.39 is 17.8 Å². The highest BCUT2D eigenvalue weighted by atomic mass is 16.5. The van der Waals surface area contributed by atoms with Crippen molar-refractivity contribution >= 4 is 29.2 Å². The Kier molecular flexibility index (Phi) is 5.51. The number of hydrogen-bond donors (Lipinski definition) is 2. The SMILES string of the molecule is COC(=O)c1cccc(NC(=O)C(=O)Nc2cccc(OC)c2)c1. The predicted molar refractivity (Wildman–Crippen MR) is 88.0 cm³/mol. The van der Waals surface area contributed by atoms with Gasteiger partial charge in [0.15, 0.2) is 0 Å². The van der Waals surface area contributed by atoms with Crippen molar-refractivity contribution < 1.29 is 23.9 Å². The molecule has 2 aromatic rings. The first-order chi connectivity index (χ1) is 11.5. The molecular weight excluding hydrogens is 312 g/mol. The number of carbonyl (C=O) groups is 3. The highest BCUT2D eigenvalue weighted by Gasteiger charge is 2.15. The van der Waals surface area contributed by atoms with E-state index in [0.29, 0.717) is 17.1 Å². The molecule has 0 unspecified atom stereocenters. The van der Waals surface area contributed by atoms with Crippen LogP contribution in [0.4, 0.5) is 11.4 Å². The maximum absolute atomic E-state index is 12.0. The molecule has 7 heteroatoms. The number of methoxy groups -OCH3 is 2. The van der Waals surface area contributed by atoms with Crippen LogP contribution in [0.1, 0.15) is 10.4 Å². The average Bonchev–Trinajstić information content (AvgIpc) is 2.61. The van der Waals surface area contributed by atoms with Crippen molar-refractivity contribution in [2.75, 3.05) is 24.9 Å². The molecule has 0 saturated carbocycles. The summed E-state index contributed by atoms with van der Waals surface area (Å²) in [7, 11) is 2.76. The van der Waals surface area contributed by atoms with Crippen molar-refractivity contribution in [1.82, 2.24) is 0 Å². The summed E-state index contributed by atoms with van der Waals surface area (Å²) < 4.78 is 9.64. The molecule has 0 bridgehead atoms. The van der Waals surface area contributed by atoms with E-state index in [4.69, 9.17) is 4.74 Å². The van der Waals surface area contributed by atoms with Crippen LogP contribution in [0.2, 0.25) is 0 Å². The summed E-state index contributed by atoms with van der Waals surface area (Å²) in [5.41, 5.74) is 1.00. The molecule has 2 amide bonds. The number of anilines is 2. The number of esters is 1. The van der Waals surface area contributed by atoms with Gasteiger partial charge in [-0.05, 0) is 30.3 Å². The third-order valence-corrected chi connectivity index (χ3v) is 3.08. The normalized spacial score (nSPS) is 9.75. The number of benzene rings is 2. The molecule has 0 fully saturated rings. The Bertz CT molecular complexity index is 773. The van der Waals surface area contributed by atoms with E-state index in [-0.39, 0.29) is 5.56 Å². The number of hydrogen-bond acceptors (Lipinski definition) is 5. The van der Waals surface area contributed by atoms with Crippen LogP contribution in [0.15, 0.2) is 48.5 Å². The largest absolute Gasteiger partial charge is 0.497 e. The van der Waals surface area contributed by atoms with Gasteiger partial charge in [0.1, 0.15) is 5.75 Å². The molecule has 2 rings (SSSR count). The third kappa shape index (κ3) is 4.33. The lowest BCUT2D eigenvalue weighted by molar-refractivity contribution is -0.132. The molecule has 7 nitrogen and oxygen atoms in total. The molecule has 0 atom stereocenters. The molecule has 2 aromatic carbocycles. The zero-order valence-electron chi connectivity index (χ0n) is 13.2. The van der Waals surface area contributed by atoms with Gasteiger partial charge in [0, 0.05) is 17.4 Å². The highest BCUT2D eigenvalue weighted by Crippen LogP contribution is 2.17. The second-order valence-corrected chi connectivity index (χ2v) is 4.71. The quantitative estimate of drug-likeness (QED) is 0.662. The van der Waals surface area contributed by atoms with Crippen molar-refractivity contribution in [2.24, 2.45) is 0 Å². The monoisotopic (exact) mass is 328 g/mol. The number of rotatable bonds is 4. The first-order valence-electron chi connectivity index (χ1n) is 6.98. The van der Waals surface area contributed by atoms with Crippen LogP contribution in [-0.4, -0.2) is 32.0 Å². The fourth-order valence-electron chi connectivity index (χ4n) is 1.92. The molecule has 2 N–H and O–H groups in total. The summed E-state index contributed by atoms with van der Waals surface area (Å²) in [6, 6.07) is 12.7. The Hall–Kier alpha value is -3.35. The van der Waals surface area contributed by atoms with Gasteiger partial charge in [0.2, 0.25) is 0 Å². The molecule has 0 aromatic heterocycles. The minimum atomic E-state index is -0.861. The Morgan fingerprint density at radius 1 is 0.833 bits per heavy atom. The molecule has 0 heterocycles. The van der Waals surface area contributed by atoms with Crippen LogP contribution in [0, 0.1) is 0 Å². The van der Waals surface area contributed by atoms with Crippen molar-refractivity contribution in [1.29, 1.82) is 0 Å². The average molecular weight is 328 g/mol. The fourth-order valence-corrected chi connectivity index (χ4v) is 1.92. The van der Waals surface area contributed by atoms with Crippen molar-refractivity contribution in [2.45, 2.75) is 0 Å². The molecule has 0 radical (unpaired) electrons. The Morgan fingerprint density at radius 2 is 1.42 bits per heavy atom. The van der Waals surface area contributed by atoms with E-state index in [1.54, 1.807) is 36.4 Å². The van der Waals surface area contributed by atoms with Gasteiger partial charge in [-0.15, -0.1) is 0 Å². The molecular formula is C17H16N2O5. The van der Waals surface area contributed by atoms with Crippen LogP contribution in [0.25, 0.3) is 0 Å². The van der Waals surface area contributed by atoms with Crippen LogP contribution >= 0.6 is 0 Å². The predicted octanol–water partition coefficient (Wildman–Crippen LogP) is 2.06. The minimum Gasteiger partial charge on any atom is -0.497 e. The van der Waals surface area contributed by atoms with Gasteiger partial charge in [-0.1, -0.05) is 12.1 Å². The van der Waals surface area contributed by atoms with E-state index >= 15 is 0 Å². The third-order valence-electron chi connectivity index (χ3n) is 3.08. The van der Waals surface area contributed by atoms with Gasteiger partial charge in [0.05, 0.1) is 19.8 Å². The van der Waals surface area contributed by atoms with E-state index in [0.717, 1.165) is 0 Å². The topological polar surface area (TPSA) is 93.7 Å². The standard InChI is InChI=1S/C17H16N2O5/c1-23-14-8-4-7-13(10-14)19-16(21)15(20)18-12-6-3-5-11(9-12)17(22)24-2/h3-10H,1-2H3,(H,18,20)(H,19,21). The van der Waals surface area contributed by atoms with Crippen LogP contribution in [-0.2, 0) is 14.3 Å². The lowest BCUT2D eigenvalue weighted by Crippen LogP contribution is -2.29. The van der Waals surface area contributed by atoms with Gasteiger partial charge in [-0.2, -0.15) is 0 Å². The Morgan fingerprint density at radius 3 is 2.00 bits per heavy atom. The molecule has 0 aliphatic carbocycles. The van der Waals surface area contributed by atoms with E-state index in [2.05, 4.69) is 15.4 Å². The van der Waals surface area contributed by atoms with Crippen LogP contribution in [0.3, 0.4) is 0 Å². The maximum atomic E-state index is 12.0. The second kappa shape index (κ2) is 7.77. The molecule has 0 aliphatic heterocycles. The maximum Gasteiger partial charge on any atom is 0.337 e. The second-order valence-electron chi connectivity index (χ2n) is 4.71. The molecule has 0 spiro atoms. The van der Waals surface area contributed by atoms with Gasteiger partial charge in [-0.3, -0.25) is 9.59 Å². The fraction of sp³-hybridized carbons (Fsp3) is 0.118. The smallest absolute Gasteiger partial charge is 0.337 e. The molecule has 0 saturated heterocycles. The molecule has 0 aliphatic rings. The van der Waals surface area contributed by atoms with Gasteiger partial charge >= 0.3 is 17.8 Å². The number of amides is 2. The zero-order chi connectivity index (χ0) is 17.5. The Balaban J connectivity index is 2.03. The van der Waals surface area contributed by atoms with Crippen molar-refractivity contribution in [3.63, 3.8) is 0 Å². The van der Waals surface area contributed by atoms with Crippen LogP contribution in [0.5, 0.6) is 5.75 Å². The molecule has 24 heavy (non-hydrogen) atoms. The minimum absolute atomic E-state index is 0.267. The summed E-state index contributed by atoms with van der Waals surface area (Å²) in [4.78, 5) is 35.3. The summed E-state index contributed by atoms with van der Waals surface area (Å²) in [6.07, 6.45) is 0. The number of nitrogens with one attached hydrogen (secondary N) is 2. The summed E-state index contributed by atoms with van der Waals surface area (Å²) in [5, 5.41) is 4.88. The van der Waals surface area contributed by atoms with E-state index in [9.17, 15) is 14.4 Å². The summed E-state index contributed by atoms with van der Waals surface area (Å²) >= 11 is 0. The van der Waals surface area contributed by atoms with Crippen LogP contribution < -0.4 is 15.4 Å². The van der Waals surface area contributed by atoms with Crippen molar-refractivity contribution in [3.05, 3.63) is 54.1 Å². The lowest BCUT2D eigenvalue weighted by atomic mass is 10.2. The lowest BCUT2D eigenvalue weighted by Gasteiger charge is -2.08. The number of carbonyl (C=O) groups excluding carboxylic acids is 3. The van der Waals surface area contributed by atoms with E-state index in [1.165, 1.54) is 26.4 Å². The summed E-state index contributed by atoms with van der Waals surface area (Å²) in [5.74, 6) is -1.68. The highest BCUT2D eigenvalue weighted by molar-refractivity contribution is 6.43. The van der Waals surface area contributed by atoms with Gasteiger partial charge in [0.25, 0.3) is 0 Å².